The number of hydrogen-bond acceptors (Lipinski definition) is 4. The van der Waals surface area contributed by atoms with Gasteiger partial charge in [-0.25, -0.2) is 9.37 Å². The first-order valence-corrected chi connectivity index (χ1v) is 9.81. The summed E-state index contributed by atoms with van der Waals surface area (Å²) in [7, 11) is 0. The molecule has 0 aliphatic heterocycles. The van der Waals surface area contributed by atoms with Crippen LogP contribution in [-0.2, 0) is 27.1 Å². The first-order valence-electron chi connectivity index (χ1n) is 7.86. The van der Waals surface area contributed by atoms with Crippen LogP contribution in [0.4, 0.5) is 4.39 Å². The number of carboxylic acids is 1. The van der Waals surface area contributed by atoms with Crippen LogP contribution in [0.25, 0.3) is 0 Å². The average molecular weight is 437 g/mol. The first-order chi connectivity index (χ1) is 11.1. The molecule has 0 saturated heterocycles. The Labute approximate surface area is 160 Å². The van der Waals surface area contributed by atoms with Gasteiger partial charge in [-0.2, -0.15) is 0 Å². The summed E-state index contributed by atoms with van der Waals surface area (Å²) >= 11 is 1.76. The van der Waals surface area contributed by atoms with E-state index >= 15 is 0 Å². The molecule has 1 aromatic rings. The van der Waals surface area contributed by atoms with Crippen LogP contribution in [0.15, 0.2) is 10.7 Å². The van der Waals surface area contributed by atoms with Gasteiger partial charge in [0, 0.05) is 11.4 Å². The van der Waals surface area contributed by atoms with Gasteiger partial charge in [0.25, 0.3) is 0 Å². The van der Waals surface area contributed by atoms with Gasteiger partial charge in [-0.1, -0.05) is 20.8 Å². The van der Waals surface area contributed by atoms with Gasteiger partial charge < -0.3 is 9.66 Å². The van der Waals surface area contributed by atoms with Crippen molar-refractivity contribution in [1.29, 1.82) is 0 Å². The maximum absolute atomic E-state index is 14.8. The van der Waals surface area contributed by atoms with Crippen molar-refractivity contribution in [2.45, 2.75) is 70.6 Å². The van der Waals surface area contributed by atoms with E-state index < -0.39 is 39.9 Å². The van der Waals surface area contributed by atoms with E-state index in [0.717, 1.165) is 0 Å². The molecule has 25 heavy (non-hydrogen) atoms. The van der Waals surface area contributed by atoms with Crippen molar-refractivity contribution in [2.75, 3.05) is 0 Å². The lowest BCUT2D eigenvalue weighted by Gasteiger charge is -2.34. The smallest absolute Gasteiger partial charge is 0.305 e. The highest BCUT2D eigenvalue weighted by Gasteiger charge is 2.42. The van der Waals surface area contributed by atoms with E-state index in [1.54, 1.807) is 20.8 Å². The number of halogens is 2. The summed E-state index contributed by atoms with van der Waals surface area (Å²) in [5.41, 5.74) is -1.17. The second-order valence-electron chi connectivity index (χ2n) is 8.29. The number of carbonyl (C=O) groups is 1. The molecule has 2 unspecified atom stereocenters. The second-order valence-corrected chi connectivity index (χ2v) is 11.0. The van der Waals surface area contributed by atoms with Gasteiger partial charge in [0.15, 0.2) is 0 Å². The number of pyridine rings is 1. The SMILES string of the molecule is CC(C)(C)c1cc(F)c(C(C)(CC(=O)O)N[S+]([O-])C(C)(C)C)nc1Br. The summed E-state index contributed by atoms with van der Waals surface area (Å²) < 4.78 is 29.9. The highest BCUT2D eigenvalue weighted by atomic mass is 79.9. The lowest BCUT2D eigenvalue weighted by Crippen LogP contribution is -2.51. The molecule has 8 heteroatoms. The fourth-order valence-electron chi connectivity index (χ4n) is 2.21. The molecule has 1 rings (SSSR count). The van der Waals surface area contributed by atoms with E-state index in [0.29, 0.717) is 10.2 Å². The monoisotopic (exact) mass is 436 g/mol. The van der Waals surface area contributed by atoms with Gasteiger partial charge in [0.2, 0.25) is 0 Å². The molecule has 0 bridgehead atoms. The molecule has 0 spiro atoms. The molecule has 0 aromatic carbocycles. The zero-order valence-electron chi connectivity index (χ0n) is 15.7. The quantitative estimate of drug-likeness (QED) is 0.537. The van der Waals surface area contributed by atoms with Crippen molar-refractivity contribution in [3.05, 3.63) is 27.7 Å². The number of aliphatic carboxylic acids is 1. The average Bonchev–Trinajstić information content (AvgIpc) is 2.37. The summed E-state index contributed by atoms with van der Waals surface area (Å²) in [6, 6.07) is 1.36. The molecular formula is C17H26BrFN2O3S. The minimum Gasteiger partial charge on any atom is -0.598 e. The molecule has 1 aromatic heterocycles. The van der Waals surface area contributed by atoms with E-state index in [9.17, 15) is 18.8 Å². The van der Waals surface area contributed by atoms with Gasteiger partial charge in [0.05, 0.1) is 6.42 Å². The molecule has 1 heterocycles. The highest BCUT2D eigenvalue weighted by molar-refractivity contribution is 9.10. The van der Waals surface area contributed by atoms with Crippen LogP contribution in [0, 0.1) is 5.82 Å². The van der Waals surface area contributed by atoms with Crippen LogP contribution in [0.5, 0.6) is 0 Å². The van der Waals surface area contributed by atoms with Crippen molar-refractivity contribution in [1.82, 2.24) is 9.71 Å². The molecular weight excluding hydrogens is 411 g/mol. The van der Waals surface area contributed by atoms with Crippen LogP contribution >= 0.6 is 15.9 Å². The number of hydrogen-bond donors (Lipinski definition) is 2. The first kappa shape index (κ1) is 22.3. The maximum Gasteiger partial charge on any atom is 0.305 e. The molecule has 5 nitrogen and oxygen atoms in total. The van der Waals surface area contributed by atoms with Crippen LogP contribution in [0.3, 0.4) is 0 Å². The Morgan fingerprint density at radius 1 is 1.32 bits per heavy atom. The molecule has 0 radical (unpaired) electrons. The van der Waals surface area contributed by atoms with Gasteiger partial charge >= 0.3 is 5.97 Å². The van der Waals surface area contributed by atoms with Crippen molar-refractivity contribution in [2.24, 2.45) is 0 Å². The van der Waals surface area contributed by atoms with Crippen LogP contribution in [0.1, 0.15) is 66.1 Å². The van der Waals surface area contributed by atoms with Gasteiger partial charge in [-0.05, 0) is 60.7 Å². The van der Waals surface area contributed by atoms with Crippen LogP contribution in [0.2, 0.25) is 0 Å². The van der Waals surface area contributed by atoms with E-state index in [-0.39, 0.29) is 11.1 Å². The van der Waals surface area contributed by atoms with Crippen LogP contribution in [-0.4, -0.2) is 25.4 Å². The maximum atomic E-state index is 14.8. The lowest BCUT2D eigenvalue weighted by molar-refractivity contribution is -0.138. The van der Waals surface area contributed by atoms with Crippen molar-refractivity contribution in [3.8, 4) is 0 Å². The Kier molecular flexibility index (Phi) is 6.70. The number of rotatable bonds is 5. The standard InChI is InChI=1S/C17H26BrFN2O3S/c1-15(2,3)10-8-11(19)13(20-14(10)18)17(7,9-12(22)23)21-25(24)16(4,5)6/h8,21H,9H2,1-7H3,(H,22,23). The van der Waals surface area contributed by atoms with E-state index in [1.165, 1.54) is 13.0 Å². The number of carboxylic acid groups (broad SMARTS) is 1. The Morgan fingerprint density at radius 3 is 2.24 bits per heavy atom. The molecule has 0 fully saturated rings. The summed E-state index contributed by atoms with van der Waals surface area (Å²) in [4.78, 5) is 15.6. The predicted octanol–water partition coefficient (Wildman–Crippen LogP) is 4.02. The Morgan fingerprint density at radius 2 is 1.84 bits per heavy atom. The molecule has 0 aliphatic rings. The minimum absolute atomic E-state index is 0.0765. The van der Waals surface area contributed by atoms with Gasteiger partial charge in [-0.3, -0.25) is 4.79 Å². The Balaban J connectivity index is 3.46. The number of nitrogens with zero attached hydrogens (tertiary/aromatic N) is 1. The zero-order chi connectivity index (χ0) is 19.8. The molecule has 2 N–H and O–H groups in total. The third-order valence-corrected chi connectivity index (χ3v) is 5.99. The highest BCUT2D eigenvalue weighted by Crippen LogP contribution is 2.35. The summed E-state index contributed by atoms with van der Waals surface area (Å²) in [5.74, 6) is -1.77. The molecule has 0 saturated carbocycles. The van der Waals surface area contributed by atoms with E-state index in [2.05, 4.69) is 25.6 Å². The van der Waals surface area contributed by atoms with Crippen LogP contribution < -0.4 is 4.72 Å². The topological polar surface area (TPSA) is 85.3 Å². The van der Waals surface area contributed by atoms with E-state index in [4.69, 9.17) is 0 Å². The van der Waals surface area contributed by atoms with Gasteiger partial charge in [-0.15, -0.1) is 4.72 Å². The number of nitrogens with one attached hydrogen (secondary N) is 1. The molecule has 0 amide bonds. The molecule has 2 atom stereocenters. The second kappa shape index (κ2) is 7.50. The summed E-state index contributed by atoms with van der Waals surface area (Å²) in [6.07, 6.45) is -0.458. The molecule has 142 valence electrons. The molecule has 0 aliphatic carbocycles. The van der Waals surface area contributed by atoms with Crippen molar-refractivity contribution < 1.29 is 18.8 Å². The number of aromatic nitrogens is 1. The Hall–Kier alpha value is -0.700. The zero-order valence-corrected chi connectivity index (χ0v) is 18.1. The Bertz CT molecular complexity index is 659. The largest absolute Gasteiger partial charge is 0.598 e. The fraction of sp³-hybridized carbons (Fsp3) is 0.647. The third-order valence-electron chi connectivity index (χ3n) is 3.64. The predicted molar refractivity (Wildman–Crippen MR) is 101 cm³/mol. The third kappa shape index (κ3) is 5.64. The summed E-state index contributed by atoms with van der Waals surface area (Å²) in [5, 5.41) is 9.27. The lowest BCUT2D eigenvalue weighted by atomic mass is 9.86. The normalized spacial score (nSPS) is 16.4. The van der Waals surface area contributed by atoms with Crippen molar-refractivity contribution in [3.63, 3.8) is 0 Å². The van der Waals surface area contributed by atoms with E-state index in [1.807, 2.05) is 20.8 Å². The van der Waals surface area contributed by atoms with Crippen molar-refractivity contribution >= 4 is 33.3 Å². The van der Waals surface area contributed by atoms with Gasteiger partial charge in [0.1, 0.15) is 26.4 Å². The fourth-order valence-corrected chi connectivity index (χ4v) is 3.98. The minimum atomic E-state index is -1.60. The summed E-state index contributed by atoms with van der Waals surface area (Å²) in [6.45, 7) is 12.5.